The van der Waals surface area contributed by atoms with E-state index in [1.165, 1.54) is 11.1 Å². The summed E-state index contributed by atoms with van der Waals surface area (Å²) in [5, 5.41) is 0. The SMILES string of the molecule is CCPO.c1ccc(-c2ccccc2)cc1. The zero-order valence-corrected chi connectivity index (χ0v) is 10.4. The average Bonchev–Trinajstić information content (AvgIpc) is 2.41. The lowest BCUT2D eigenvalue weighted by molar-refractivity contribution is 0.646. The predicted octanol–water partition coefficient (Wildman–Crippen LogP) is 3.95. The highest BCUT2D eigenvalue weighted by molar-refractivity contribution is 7.30. The topological polar surface area (TPSA) is 20.2 Å². The Bertz CT molecular complexity index is 333. The fourth-order valence-electron chi connectivity index (χ4n) is 1.26. The zero-order valence-electron chi connectivity index (χ0n) is 9.43. The number of hydrogen-bond acceptors (Lipinski definition) is 1. The summed E-state index contributed by atoms with van der Waals surface area (Å²) >= 11 is 0. The van der Waals surface area contributed by atoms with Crippen LogP contribution in [0.1, 0.15) is 6.92 Å². The summed E-state index contributed by atoms with van der Waals surface area (Å²) in [5.41, 5.74) is 2.55. The van der Waals surface area contributed by atoms with Crippen LogP contribution < -0.4 is 0 Å². The Labute approximate surface area is 99.0 Å². The number of rotatable bonds is 2. The minimum absolute atomic E-state index is 0.140. The van der Waals surface area contributed by atoms with Crippen LogP contribution in [-0.2, 0) is 0 Å². The largest absolute Gasteiger partial charge is 0.377 e. The van der Waals surface area contributed by atoms with Crippen LogP contribution in [0, 0.1) is 0 Å². The minimum atomic E-state index is 0.140. The molecule has 1 atom stereocenters. The van der Waals surface area contributed by atoms with Gasteiger partial charge >= 0.3 is 0 Å². The van der Waals surface area contributed by atoms with Gasteiger partial charge in [0, 0.05) is 8.81 Å². The second-order valence-electron chi connectivity index (χ2n) is 3.24. The van der Waals surface area contributed by atoms with E-state index in [2.05, 4.69) is 48.5 Å². The van der Waals surface area contributed by atoms with E-state index in [0.29, 0.717) is 0 Å². The van der Waals surface area contributed by atoms with Crippen molar-refractivity contribution in [3.8, 4) is 11.1 Å². The fourth-order valence-corrected chi connectivity index (χ4v) is 1.26. The van der Waals surface area contributed by atoms with E-state index in [-0.39, 0.29) is 8.81 Å². The van der Waals surface area contributed by atoms with Gasteiger partial charge in [-0.05, 0) is 17.3 Å². The van der Waals surface area contributed by atoms with Crippen LogP contribution in [0.5, 0.6) is 0 Å². The fraction of sp³-hybridized carbons (Fsp3) is 0.143. The molecule has 1 unspecified atom stereocenters. The lowest BCUT2D eigenvalue weighted by Gasteiger charge is -1.98. The highest BCUT2D eigenvalue weighted by Gasteiger charge is 1.91. The predicted molar refractivity (Wildman–Crippen MR) is 73.0 cm³/mol. The standard InChI is InChI=1S/C12H10.C2H7OP/c1-3-7-11(8-4-1)12-9-5-2-6-10-12;1-2-4-3/h1-10H;3-4H,2H2,1H3. The second-order valence-corrected chi connectivity index (χ2v) is 4.27. The van der Waals surface area contributed by atoms with Gasteiger partial charge in [0.25, 0.3) is 0 Å². The van der Waals surface area contributed by atoms with E-state index in [9.17, 15) is 0 Å². The maximum Gasteiger partial charge on any atom is 0.0104 e. The van der Waals surface area contributed by atoms with Crippen molar-refractivity contribution in [3.05, 3.63) is 60.7 Å². The normalized spacial score (nSPS) is 9.88. The number of hydrogen-bond donors (Lipinski definition) is 1. The molecule has 0 fully saturated rings. The molecule has 0 aromatic heterocycles. The van der Waals surface area contributed by atoms with Crippen molar-refractivity contribution < 1.29 is 4.89 Å². The molecule has 2 aromatic carbocycles. The molecular formula is C14H17OP. The molecule has 0 saturated carbocycles. The van der Waals surface area contributed by atoms with Crippen molar-refractivity contribution in [1.82, 2.24) is 0 Å². The third-order valence-corrected chi connectivity index (χ3v) is 2.36. The Kier molecular flexibility index (Phi) is 6.48. The van der Waals surface area contributed by atoms with Crippen molar-refractivity contribution >= 4 is 8.81 Å². The number of benzene rings is 2. The van der Waals surface area contributed by atoms with Gasteiger partial charge < -0.3 is 4.89 Å². The van der Waals surface area contributed by atoms with E-state index in [1.54, 1.807) is 0 Å². The van der Waals surface area contributed by atoms with Crippen LogP contribution in [0.25, 0.3) is 11.1 Å². The van der Waals surface area contributed by atoms with Crippen molar-refractivity contribution in [2.24, 2.45) is 0 Å². The molecule has 2 aromatic rings. The maximum absolute atomic E-state index is 7.90. The van der Waals surface area contributed by atoms with E-state index >= 15 is 0 Å². The molecular weight excluding hydrogens is 215 g/mol. The van der Waals surface area contributed by atoms with Gasteiger partial charge in [-0.15, -0.1) is 0 Å². The molecule has 0 heterocycles. The van der Waals surface area contributed by atoms with E-state index < -0.39 is 0 Å². The Hall–Kier alpha value is -1.17. The van der Waals surface area contributed by atoms with Crippen molar-refractivity contribution in [2.75, 3.05) is 6.16 Å². The Morgan fingerprint density at radius 2 is 1.12 bits per heavy atom. The van der Waals surface area contributed by atoms with Crippen molar-refractivity contribution in [1.29, 1.82) is 0 Å². The molecule has 0 bridgehead atoms. The highest BCUT2D eigenvalue weighted by atomic mass is 31.1. The summed E-state index contributed by atoms with van der Waals surface area (Å²) in [6.45, 7) is 1.94. The molecule has 0 saturated heterocycles. The van der Waals surface area contributed by atoms with Gasteiger partial charge in [0.1, 0.15) is 0 Å². The van der Waals surface area contributed by atoms with E-state index in [1.807, 2.05) is 19.1 Å². The molecule has 16 heavy (non-hydrogen) atoms. The molecule has 1 N–H and O–H groups in total. The van der Waals surface area contributed by atoms with Gasteiger partial charge in [0.05, 0.1) is 0 Å². The van der Waals surface area contributed by atoms with Crippen LogP contribution in [0.3, 0.4) is 0 Å². The first-order valence-electron chi connectivity index (χ1n) is 5.36. The third kappa shape index (κ3) is 4.57. The quantitative estimate of drug-likeness (QED) is 0.777. The van der Waals surface area contributed by atoms with E-state index in [0.717, 1.165) is 6.16 Å². The molecule has 0 aliphatic rings. The highest BCUT2D eigenvalue weighted by Crippen LogP contribution is 2.17. The monoisotopic (exact) mass is 232 g/mol. The minimum Gasteiger partial charge on any atom is -0.377 e. The molecule has 0 amide bonds. The lowest BCUT2D eigenvalue weighted by atomic mass is 10.1. The molecule has 84 valence electrons. The third-order valence-electron chi connectivity index (χ3n) is 2.04. The van der Waals surface area contributed by atoms with Gasteiger partial charge in [0.2, 0.25) is 0 Å². The molecule has 1 nitrogen and oxygen atoms in total. The van der Waals surface area contributed by atoms with Crippen LogP contribution in [-0.4, -0.2) is 11.1 Å². The van der Waals surface area contributed by atoms with Gasteiger partial charge in [-0.2, -0.15) is 0 Å². The van der Waals surface area contributed by atoms with Crippen molar-refractivity contribution in [3.63, 3.8) is 0 Å². The molecule has 0 spiro atoms. The van der Waals surface area contributed by atoms with Gasteiger partial charge in [-0.3, -0.25) is 0 Å². The van der Waals surface area contributed by atoms with E-state index in [4.69, 9.17) is 4.89 Å². The van der Waals surface area contributed by atoms with Crippen LogP contribution >= 0.6 is 8.81 Å². The van der Waals surface area contributed by atoms with Gasteiger partial charge in [-0.25, -0.2) is 0 Å². The first kappa shape index (κ1) is 12.9. The zero-order chi connectivity index (χ0) is 11.6. The van der Waals surface area contributed by atoms with Gasteiger partial charge in [0.15, 0.2) is 0 Å². The summed E-state index contributed by atoms with van der Waals surface area (Å²) in [7, 11) is 0.140. The van der Waals surface area contributed by atoms with Crippen molar-refractivity contribution in [2.45, 2.75) is 6.92 Å². The Balaban J connectivity index is 0.000000280. The lowest BCUT2D eigenvalue weighted by Crippen LogP contribution is -1.73. The molecule has 0 aliphatic carbocycles. The molecule has 2 rings (SSSR count). The summed E-state index contributed by atoms with van der Waals surface area (Å²) < 4.78 is 0. The van der Waals surface area contributed by atoms with Crippen LogP contribution in [0.4, 0.5) is 0 Å². The average molecular weight is 232 g/mol. The Morgan fingerprint density at radius 3 is 1.38 bits per heavy atom. The molecule has 2 heteroatoms. The van der Waals surface area contributed by atoms with Crippen LogP contribution in [0.2, 0.25) is 0 Å². The maximum atomic E-state index is 7.90. The summed E-state index contributed by atoms with van der Waals surface area (Å²) in [5.74, 6) is 0. The first-order chi connectivity index (χ1) is 7.88. The molecule has 0 aliphatic heterocycles. The summed E-state index contributed by atoms with van der Waals surface area (Å²) in [6, 6.07) is 20.8. The Morgan fingerprint density at radius 1 is 0.812 bits per heavy atom. The smallest absolute Gasteiger partial charge is 0.0104 e. The van der Waals surface area contributed by atoms with Crippen LogP contribution in [0.15, 0.2) is 60.7 Å². The van der Waals surface area contributed by atoms with Gasteiger partial charge in [-0.1, -0.05) is 67.6 Å². The summed E-state index contributed by atoms with van der Waals surface area (Å²) in [6.07, 6.45) is 0.903. The first-order valence-corrected chi connectivity index (χ1v) is 6.51. The molecule has 0 radical (unpaired) electrons. The summed E-state index contributed by atoms with van der Waals surface area (Å²) in [4.78, 5) is 7.90. The second kappa shape index (κ2) is 8.04.